The van der Waals surface area contributed by atoms with E-state index in [0.717, 1.165) is 23.5 Å². The molecule has 0 aliphatic rings. The number of para-hydroxylation sites is 1. The molecule has 0 unspecified atom stereocenters. The number of benzene rings is 2. The van der Waals surface area contributed by atoms with Crippen LogP contribution in [0.4, 0.5) is 20.2 Å². The first kappa shape index (κ1) is 18.0. The van der Waals surface area contributed by atoms with E-state index in [-0.39, 0.29) is 10.6 Å². The number of thiophene rings is 1. The predicted octanol–water partition coefficient (Wildman–Crippen LogP) is 4.08. The van der Waals surface area contributed by atoms with Gasteiger partial charge in [0.15, 0.2) is 11.6 Å². The third-order valence-corrected chi connectivity index (χ3v) is 5.63. The molecule has 0 bridgehead atoms. The summed E-state index contributed by atoms with van der Waals surface area (Å²) in [4.78, 5) is 12.1. The highest BCUT2D eigenvalue weighted by Crippen LogP contribution is 2.26. The minimum atomic E-state index is -4.18. The van der Waals surface area contributed by atoms with Crippen LogP contribution in [0, 0.1) is 11.6 Å². The molecule has 2 N–H and O–H groups in total. The van der Waals surface area contributed by atoms with Crippen LogP contribution < -0.4 is 10.0 Å². The summed E-state index contributed by atoms with van der Waals surface area (Å²) in [7, 11) is -4.18. The standard InChI is InChI=1S/C17H12F2N2O3S2/c18-13-7-6-12(10-14(13)19)26(23,24)21-15-8-9-25-16(15)17(22)20-11-4-2-1-3-5-11/h1-10,21H,(H,20,22). The van der Waals surface area contributed by atoms with E-state index in [0.29, 0.717) is 11.8 Å². The zero-order valence-electron chi connectivity index (χ0n) is 13.1. The van der Waals surface area contributed by atoms with Crippen LogP contribution in [0.2, 0.25) is 0 Å². The number of halogens is 2. The molecule has 9 heteroatoms. The lowest BCUT2D eigenvalue weighted by Gasteiger charge is -2.10. The highest BCUT2D eigenvalue weighted by molar-refractivity contribution is 7.92. The number of nitrogens with one attached hydrogen (secondary N) is 2. The Hall–Kier alpha value is -2.78. The van der Waals surface area contributed by atoms with E-state index in [1.165, 1.54) is 6.07 Å². The van der Waals surface area contributed by atoms with Gasteiger partial charge in [0, 0.05) is 5.69 Å². The minimum Gasteiger partial charge on any atom is -0.321 e. The molecule has 26 heavy (non-hydrogen) atoms. The van der Waals surface area contributed by atoms with E-state index in [2.05, 4.69) is 10.0 Å². The topological polar surface area (TPSA) is 75.3 Å². The zero-order chi connectivity index (χ0) is 18.7. The SMILES string of the molecule is O=C(Nc1ccccc1)c1sccc1NS(=O)(=O)c1ccc(F)c(F)c1. The number of carbonyl (C=O) groups excluding carboxylic acids is 1. The second-order valence-corrected chi connectivity index (χ2v) is 7.76. The summed E-state index contributed by atoms with van der Waals surface area (Å²) >= 11 is 1.05. The molecule has 3 aromatic rings. The highest BCUT2D eigenvalue weighted by Gasteiger charge is 2.21. The van der Waals surface area contributed by atoms with Gasteiger partial charge in [-0.15, -0.1) is 11.3 Å². The first-order valence-corrected chi connectivity index (χ1v) is 9.65. The Morgan fingerprint density at radius 1 is 0.962 bits per heavy atom. The molecule has 0 saturated carbocycles. The Kier molecular flexibility index (Phi) is 5.01. The summed E-state index contributed by atoms with van der Waals surface area (Å²) in [5.74, 6) is -2.92. The summed E-state index contributed by atoms with van der Waals surface area (Å²) < 4.78 is 53.3. The monoisotopic (exact) mass is 394 g/mol. The minimum absolute atomic E-state index is 0.0492. The Bertz CT molecular complexity index is 1050. The first-order chi connectivity index (χ1) is 12.4. The molecular formula is C17H12F2N2O3S2. The third-order valence-electron chi connectivity index (χ3n) is 3.35. The van der Waals surface area contributed by atoms with Crippen LogP contribution >= 0.6 is 11.3 Å². The van der Waals surface area contributed by atoms with Crippen LogP contribution in [0.3, 0.4) is 0 Å². The molecule has 1 aromatic heterocycles. The van der Waals surface area contributed by atoms with Crippen LogP contribution in [-0.2, 0) is 10.0 Å². The summed E-state index contributed by atoms with van der Waals surface area (Å²) in [6.07, 6.45) is 0. The van der Waals surface area contributed by atoms with E-state index in [9.17, 15) is 22.0 Å². The van der Waals surface area contributed by atoms with Crippen LogP contribution in [0.5, 0.6) is 0 Å². The third kappa shape index (κ3) is 3.89. The molecule has 0 aliphatic heterocycles. The number of rotatable bonds is 5. The van der Waals surface area contributed by atoms with Crippen molar-refractivity contribution in [3.8, 4) is 0 Å². The molecule has 1 amide bonds. The lowest BCUT2D eigenvalue weighted by molar-refractivity contribution is 0.103. The van der Waals surface area contributed by atoms with Crippen LogP contribution in [0.15, 0.2) is 64.9 Å². The van der Waals surface area contributed by atoms with Gasteiger partial charge in [0.05, 0.1) is 10.6 Å². The summed E-state index contributed by atoms with van der Waals surface area (Å²) in [5.41, 5.74) is 0.605. The van der Waals surface area contributed by atoms with Gasteiger partial charge in [-0.05, 0) is 41.8 Å². The normalized spacial score (nSPS) is 11.2. The molecule has 134 valence electrons. The second-order valence-electron chi connectivity index (χ2n) is 5.16. The van der Waals surface area contributed by atoms with Crippen molar-refractivity contribution in [2.24, 2.45) is 0 Å². The fourth-order valence-corrected chi connectivity index (χ4v) is 4.01. The van der Waals surface area contributed by atoms with Gasteiger partial charge < -0.3 is 5.32 Å². The largest absolute Gasteiger partial charge is 0.321 e. The van der Waals surface area contributed by atoms with Crippen molar-refractivity contribution in [3.63, 3.8) is 0 Å². The van der Waals surface area contributed by atoms with Crippen molar-refractivity contribution in [3.05, 3.63) is 76.5 Å². The number of anilines is 2. The van der Waals surface area contributed by atoms with Crippen molar-refractivity contribution >= 4 is 38.6 Å². The Balaban J connectivity index is 1.84. The van der Waals surface area contributed by atoms with Gasteiger partial charge in [-0.2, -0.15) is 0 Å². The average molecular weight is 394 g/mol. The molecule has 3 rings (SSSR count). The summed E-state index contributed by atoms with van der Waals surface area (Å²) in [6, 6.07) is 12.3. The molecule has 0 aliphatic carbocycles. The van der Waals surface area contributed by atoms with Gasteiger partial charge in [-0.1, -0.05) is 18.2 Å². The first-order valence-electron chi connectivity index (χ1n) is 7.28. The lowest BCUT2D eigenvalue weighted by atomic mass is 10.3. The Morgan fingerprint density at radius 2 is 1.69 bits per heavy atom. The molecule has 0 radical (unpaired) electrons. The number of hydrogen-bond donors (Lipinski definition) is 2. The molecule has 0 spiro atoms. The van der Waals surface area contributed by atoms with Crippen LogP contribution in [-0.4, -0.2) is 14.3 Å². The summed E-state index contributed by atoms with van der Waals surface area (Å²) in [6.45, 7) is 0. The zero-order valence-corrected chi connectivity index (χ0v) is 14.7. The quantitative estimate of drug-likeness (QED) is 0.685. The molecule has 1 heterocycles. The maximum absolute atomic E-state index is 13.3. The Morgan fingerprint density at radius 3 is 2.38 bits per heavy atom. The van der Waals surface area contributed by atoms with E-state index in [1.54, 1.807) is 35.7 Å². The average Bonchev–Trinajstić information content (AvgIpc) is 3.05. The van der Waals surface area contributed by atoms with E-state index in [4.69, 9.17) is 0 Å². The van der Waals surface area contributed by atoms with Crippen molar-refractivity contribution in [2.75, 3.05) is 10.0 Å². The maximum atomic E-state index is 13.3. The van der Waals surface area contributed by atoms with E-state index >= 15 is 0 Å². The predicted molar refractivity (Wildman–Crippen MR) is 95.9 cm³/mol. The molecule has 0 saturated heterocycles. The van der Waals surface area contributed by atoms with Crippen molar-refractivity contribution in [1.29, 1.82) is 0 Å². The van der Waals surface area contributed by atoms with Crippen LogP contribution in [0.1, 0.15) is 9.67 Å². The van der Waals surface area contributed by atoms with E-state index < -0.39 is 32.5 Å². The molecule has 0 atom stereocenters. The molecule has 0 fully saturated rings. The second kappa shape index (κ2) is 7.22. The number of sulfonamides is 1. The summed E-state index contributed by atoms with van der Waals surface area (Å²) in [5, 5.41) is 4.20. The van der Waals surface area contributed by atoms with Gasteiger partial charge in [-0.25, -0.2) is 17.2 Å². The van der Waals surface area contributed by atoms with Crippen molar-refractivity contribution < 1.29 is 22.0 Å². The number of amides is 1. The van der Waals surface area contributed by atoms with Gasteiger partial charge in [0.1, 0.15) is 4.88 Å². The fraction of sp³-hybridized carbons (Fsp3) is 0. The van der Waals surface area contributed by atoms with Gasteiger partial charge in [0.25, 0.3) is 15.9 Å². The molecule has 2 aromatic carbocycles. The number of carbonyl (C=O) groups is 1. The van der Waals surface area contributed by atoms with E-state index in [1.807, 2.05) is 0 Å². The smallest absolute Gasteiger partial charge is 0.267 e. The van der Waals surface area contributed by atoms with Crippen LogP contribution in [0.25, 0.3) is 0 Å². The van der Waals surface area contributed by atoms with Crippen molar-refractivity contribution in [2.45, 2.75) is 4.90 Å². The lowest BCUT2D eigenvalue weighted by Crippen LogP contribution is -2.17. The molecular weight excluding hydrogens is 382 g/mol. The van der Waals surface area contributed by atoms with Crippen molar-refractivity contribution in [1.82, 2.24) is 0 Å². The fourth-order valence-electron chi connectivity index (χ4n) is 2.12. The number of hydrogen-bond acceptors (Lipinski definition) is 4. The van der Waals surface area contributed by atoms with Gasteiger partial charge >= 0.3 is 0 Å². The van der Waals surface area contributed by atoms with Gasteiger partial charge in [0.2, 0.25) is 0 Å². The van der Waals surface area contributed by atoms with Gasteiger partial charge in [-0.3, -0.25) is 9.52 Å². The highest BCUT2D eigenvalue weighted by atomic mass is 32.2. The maximum Gasteiger partial charge on any atom is 0.267 e. The molecule has 5 nitrogen and oxygen atoms in total. The Labute approximate surface area is 152 Å².